The molecule has 138 valence electrons. The van der Waals surface area contributed by atoms with E-state index in [1.54, 1.807) is 4.90 Å². The smallest absolute Gasteiger partial charge is 0.277 e. The lowest BCUT2D eigenvalue weighted by Gasteiger charge is -2.30. The molecule has 1 aliphatic heterocycles. The lowest BCUT2D eigenvalue weighted by Crippen LogP contribution is -2.44. The van der Waals surface area contributed by atoms with Crippen molar-refractivity contribution in [2.45, 2.75) is 75.4 Å². The van der Waals surface area contributed by atoms with Crippen LogP contribution in [0.15, 0.2) is 9.64 Å². The number of carbonyl (C=O) groups excluding carboxylic acids is 2. The SMILES string of the molecule is CC(Sc1nnc(CN2CCCC2=O)o1)C(=O)NC1CCCCC1C. The van der Waals surface area contributed by atoms with Crippen LogP contribution in [0.2, 0.25) is 0 Å². The predicted molar refractivity (Wildman–Crippen MR) is 93.8 cm³/mol. The molecule has 0 bridgehead atoms. The standard InChI is InChI=1S/C17H26N4O3S/c1-11-6-3-4-7-13(11)18-16(23)12(2)25-17-20-19-14(24-17)10-21-9-5-8-15(21)22/h11-13H,3-10H2,1-2H3,(H,18,23). The van der Waals surface area contributed by atoms with Crippen LogP contribution < -0.4 is 5.32 Å². The summed E-state index contributed by atoms with van der Waals surface area (Å²) in [5.41, 5.74) is 0. The highest BCUT2D eigenvalue weighted by molar-refractivity contribution is 8.00. The highest BCUT2D eigenvalue weighted by Gasteiger charge is 2.27. The highest BCUT2D eigenvalue weighted by Crippen LogP contribution is 2.26. The Labute approximate surface area is 152 Å². The van der Waals surface area contributed by atoms with Crippen molar-refractivity contribution in [1.29, 1.82) is 0 Å². The van der Waals surface area contributed by atoms with Gasteiger partial charge < -0.3 is 14.6 Å². The number of hydrogen-bond acceptors (Lipinski definition) is 6. The first-order chi connectivity index (χ1) is 12.0. The van der Waals surface area contributed by atoms with E-state index in [0.717, 1.165) is 19.4 Å². The van der Waals surface area contributed by atoms with Gasteiger partial charge in [0.15, 0.2) is 0 Å². The van der Waals surface area contributed by atoms with Crippen LogP contribution >= 0.6 is 11.8 Å². The van der Waals surface area contributed by atoms with Crippen molar-refractivity contribution in [3.63, 3.8) is 0 Å². The quantitative estimate of drug-likeness (QED) is 0.778. The Morgan fingerprint density at radius 3 is 2.88 bits per heavy atom. The van der Waals surface area contributed by atoms with Gasteiger partial charge in [0.2, 0.25) is 17.7 Å². The van der Waals surface area contributed by atoms with Crippen LogP contribution in [0.1, 0.15) is 58.3 Å². The second-order valence-electron chi connectivity index (χ2n) is 7.02. The van der Waals surface area contributed by atoms with E-state index in [9.17, 15) is 9.59 Å². The van der Waals surface area contributed by atoms with E-state index in [1.165, 1.54) is 31.0 Å². The molecule has 2 amide bonds. The van der Waals surface area contributed by atoms with Gasteiger partial charge >= 0.3 is 0 Å². The van der Waals surface area contributed by atoms with Crippen LogP contribution in [0.5, 0.6) is 0 Å². The van der Waals surface area contributed by atoms with Crippen molar-refractivity contribution < 1.29 is 14.0 Å². The molecular weight excluding hydrogens is 340 g/mol. The average Bonchev–Trinajstić information content (AvgIpc) is 3.19. The zero-order valence-corrected chi connectivity index (χ0v) is 15.7. The fourth-order valence-corrected chi connectivity index (χ4v) is 4.13. The van der Waals surface area contributed by atoms with Gasteiger partial charge in [-0.25, -0.2) is 0 Å². The molecule has 7 nitrogen and oxygen atoms in total. The number of aromatic nitrogens is 2. The fraction of sp³-hybridized carbons (Fsp3) is 0.765. The number of carbonyl (C=O) groups is 2. The second-order valence-corrected chi connectivity index (χ2v) is 8.31. The summed E-state index contributed by atoms with van der Waals surface area (Å²) in [7, 11) is 0. The van der Waals surface area contributed by atoms with Crippen molar-refractivity contribution in [2.75, 3.05) is 6.54 Å². The monoisotopic (exact) mass is 366 g/mol. The van der Waals surface area contributed by atoms with Gasteiger partial charge in [0.25, 0.3) is 5.22 Å². The molecule has 0 aromatic carbocycles. The molecule has 1 N–H and O–H groups in total. The molecule has 0 radical (unpaired) electrons. The first-order valence-corrected chi connectivity index (χ1v) is 9.98. The topological polar surface area (TPSA) is 88.3 Å². The molecule has 3 atom stereocenters. The van der Waals surface area contributed by atoms with E-state index >= 15 is 0 Å². The molecule has 1 aromatic heterocycles. The molecular formula is C17H26N4O3S. The van der Waals surface area contributed by atoms with Gasteiger partial charge in [-0.2, -0.15) is 0 Å². The van der Waals surface area contributed by atoms with Crippen LogP contribution in [0.25, 0.3) is 0 Å². The summed E-state index contributed by atoms with van der Waals surface area (Å²) in [6, 6.07) is 0.267. The van der Waals surface area contributed by atoms with Crippen molar-refractivity contribution in [2.24, 2.45) is 5.92 Å². The van der Waals surface area contributed by atoms with Crippen molar-refractivity contribution >= 4 is 23.6 Å². The molecule has 1 aliphatic carbocycles. The fourth-order valence-electron chi connectivity index (χ4n) is 3.42. The van der Waals surface area contributed by atoms with E-state index in [-0.39, 0.29) is 23.1 Å². The van der Waals surface area contributed by atoms with Crippen LogP contribution in [-0.4, -0.2) is 44.7 Å². The number of hydrogen-bond donors (Lipinski definition) is 1. The third-order valence-electron chi connectivity index (χ3n) is 5.03. The Morgan fingerprint density at radius 1 is 1.36 bits per heavy atom. The lowest BCUT2D eigenvalue weighted by atomic mass is 9.86. The van der Waals surface area contributed by atoms with Crippen LogP contribution in [0.4, 0.5) is 0 Å². The van der Waals surface area contributed by atoms with Gasteiger partial charge in [-0.05, 0) is 32.1 Å². The summed E-state index contributed by atoms with van der Waals surface area (Å²) >= 11 is 1.27. The first-order valence-electron chi connectivity index (χ1n) is 9.10. The summed E-state index contributed by atoms with van der Waals surface area (Å²) in [5, 5.41) is 11.2. The Kier molecular flexibility index (Phi) is 5.98. The molecule has 25 heavy (non-hydrogen) atoms. The maximum absolute atomic E-state index is 12.4. The second kappa shape index (κ2) is 8.21. The zero-order valence-electron chi connectivity index (χ0n) is 14.9. The number of nitrogens with zero attached hydrogens (tertiary/aromatic N) is 3. The Hall–Kier alpha value is -1.57. The third kappa shape index (κ3) is 4.74. The van der Waals surface area contributed by atoms with Crippen LogP contribution in [-0.2, 0) is 16.1 Å². The molecule has 2 aliphatic rings. The molecule has 2 heterocycles. The van der Waals surface area contributed by atoms with Crippen molar-refractivity contribution in [3.05, 3.63) is 5.89 Å². The molecule has 1 saturated carbocycles. The summed E-state index contributed by atoms with van der Waals surface area (Å²) in [5.74, 6) is 1.09. The zero-order chi connectivity index (χ0) is 17.8. The molecule has 0 spiro atoms. The highest BCUT2D eigenvalue weighted by atomic mass is 32.2. The minimum atomic E-state index is -0.296. The van der Waals surface area contributed by atoms with E-state index < -0.39 is 0 Å². The molecule has 1 saturated heterocycles. The Balaban J connectivity index is 1.49. The summed E-state index contributed by atoms with van der Waals surface area (Å²) in [6.07, 6.45) is 6.13. The van der Waals surface area contributed by atoms with E-state index in [4.69, 9.17) is 4.42 Å². The largest absolute Gasteiger partial charge is 0.414 e. The molecule has 3 unspecified atom stereocenters. The van der Waals surface area contributed by atoms with Gasteiger partial charge in [-0.3, -0.25) is 9.59 Å². The summed E-state index contributed by atoms with van der Waals surface area (Å²) in [4.78, 5) is 25.8. The van der Waals surface area contributed by atoms with E-state index in [0.29, 0.717) is 30.0 Å². The normalized spacial score (nSPS) is 25.2. The predicted octanol–water partition coefficient (Wildman–Crippen LogP) is 2.37. The maximum Gasteiger partial charge on any atom is 0.277 e. The van der Waals surface area contributed by atoms with E-state index in [1.807, 2.05) is 6.92 Å². The summed E-state index contributed by atoms with van der Waals surface area (Å²) in [6.45, 7) is 5.14. The number of likely N-dealkylation sites (tertiary alicyclic amines) is 1. The van der Waals surface area contributed by atoms with Crippen LogP contribution in [0, 0.1) is 5.92 Å². The average molecular weight is 366 g/mol. The molecule has 2 fully saturated rings. The van der Waals surface area contributed by atoms with Gasteiger partial charge in [0.05, 0.1) is 11.8 Å². The minimum Gasteiger partial charge on any atom is -0.414 e. The number of nitrogens with one attached hydrogen (secondary N) is 1. The first kappa shape index (κ1) is 18.2. The minimum absolute atomic E-state index is 0.0122. The van der Waals surface area contributed by atoms with Gasteiger partial charge in [0, 0.05) is 19.0 Å². The molecule has 1 aromatic rings. The molecule has 3 rings (SSSR count). The number of rotatable bonds is 6. The lowest BCUT2D eigenvalue weighted by molar-refractivity contribution is -0.128. The van der Waals surface area contributed by atoms with Gasteiger partial charge in [-0.1, -0.05) is 31.5 Å². The summed E-state index contributed by atoms with van der Waals surface area (Å²) < 4.78 is 5.59. The Morgan fingerprint density at radius 2 is 2.16 bits per heavy atom. The van der Waals surface area contributed by atoms with Gasteiger partial charge in [-0.15, -0.1) is 10.2 Å². The van der Waals surface area contributed by atoms with Crippen LogP contribution in [0.3, 0.4) is 0 Å². The van der Waals surface area contributed by atoms with Crippen molar-refractivity contribution in [3.8, 4) is 0 Å². The number of thioether (sulfide) groups is 1. The molecule has 8 heteroatoms. The number of amides is 2. The maximum atomic E-state index is 12.4. The van der Waals surface area contributed by atoms with Gasteiger partial charge in [0.1, 0.15) is 0 Å². The van der Waals surface area contributed by atoms with Crippen molar-refractivity contribution in [1.82, 2.24) is 20.4 Å². The third-order valence-corrected chi connectivity index (χ3v) is 5.97. The Bertz CT molecular complexity index is 621. The van der Waals surface area contributed by atoms with E-state index in [2.05, 4.69) is 22.4 Å².